The van der Waals surface area contributed by atoms with Crippen molar-refractivity contribution in [2.24, 2.45) is 11.7 Å². The van der Waals surface area contributed by atoms with E-state index in [0.717, 1.165) is 18.4 Å². The number of rotatable bonds is 4. The van der Waals surface area contributed by atoms with Crippen LogP contribution >= 0.6 is 35.6 Å². The summed E-state index contributed by atoms with van der Waals surface area (Å²) < 4.78 is 0. The number of halogens is 3. The van der Waals surface area contributed by atoms with E-state index in [1.54, 1.807) is 6.07 Å². The second-order valence-corrected chi connectivity index (χ2v) is 5.07. The Morgan fingerprint density at radius 3 is 2.25 bits per heavy atom. The molecule has 0 saturated carbocycles. The maximum absolute atomic E-state index is 6.06. The third-order valence-electron chi connectivity index (χ3n) is 2.43. The first-order valence-electron chi connectivity index (χ1n) is 5.21. The predicted octanol–water partition coefficient (Wildman–Crippen LogP) is 4.85. The molecule has 0 bridgehead atoms. The summed E-state index contributed by atoms with van der Waals surface area (Å²) in [5, 5.41) is 1.16. The summed E-state index contributed by atoms with van der Waals surface area (Å²) in [5.74, 6) is 0.679. The van der Waals surface area contributed by atoms with Gasteiger partial charge in [-0.1, -0.05) is 43.1 Å². The molecule has 1 rings (SSSR count). The number of benzene rings is 1. The van der Waals surface area contributed by atoms with E-state index in [2.05, 4.69) is 13.8 Å². The minimum atomic E-state index is 0. The number of nitrogens with two attached hydrogens (primary N) is 1. The molecule has 0 aliphatic rings. The van der Waals surface area contributed by atoms with Crippen molar-refractivity contribution >= 4 is 35.6 Å². The summed E-state index contributed by atoms with van der Waals surface area (Å²) in [6.45, 7) is 4.39. The Balaban J connectivity index is 0.00000225. The fourth-order valence-electron chi connectivity index (χ4n) is 1.42. The lowest BCUT2D eigenvalue weighted by Crippen LogP contribution is -2.11. The highest BCUT2D eigenvalue weighted by Gasteiger charge is 2.08. The summed E-state index contributed by atoms with van der Waals surface area (Å²) in [7, 11) is 0. The quantitative estimate of drug-likeness (QED) is 0.839. The molecule has 0 amide bonds. The first-order chi connectivity index (χ1) is 7.00. The summed E-state index contributed by atoms with van der Waals surface area (Å²) in [4.78, 5) is 0. The van der Waals surface area contributed by atoms with Crippen LogP contribution in [-0.4, -0.2) is 0 Å². The normalized spacial score (nSPS) is 12.4. The van der Waals surface area contributed by atoms with E-state index in [1.165, 1.54) is 0 Å². The van der Waals surface area contributed by atoms with Gasteiger partial charge in [-0.3, -0.25) is 0 Å². The van der Waals surface area contributed by atoms with E-state index in [-0.39, 0.29) is 18.4 Å². The molecule has 2 N–H and O–H groups in total. The van der Waals surface area contributed by atoms with Gasteiger partial charge in [-0.05, 0) is 36.5 Å². The second kappa shape index (κ2) is 7.39. The van der Waals surface area contributed by atoms with Crippen LogP contribution in [0.25, 0.3) is 0 Å². The summed E-state index contributed by atoms with van der Waals surface area (Å²) in [6, 6.07) is 5.66. The van der Waals surface area contributed by atoms with E-state index in [0.29, 0.717) is 16.0 Å². The molecule has 0 aliphatic heterocycles. The monoisotopic (exact) mass is 281 g/mol. The van der Waals surface area contributed by atoms with Crippen molar-refractivity contribution in [3.05, 3.63) is 33.8 Å². The highest BCUT2D eigenvalue weighted by Crippen LogP contribution is 2.26. The Morgan fingerprint density at radius 1 is 1.12 bits per heavy atom. The smallest absolute Gasteiger partial charge is 0.0595 e. The summed E-state index contributed by atoms with van der Waals surface area (Å²) in [5.41, 5.74) is 7.12. The maximum atomic E-state index is 6.06. The Labute approximate surface area is 114 Å². The molecule has 0 aliphatic carbocycles. The van der Waals surface area contributed by atoms with Crippen LogP contribution in [0.2, 0.25) is 10.0 Å². The molecule has 16 heavy (non-hydrogen) atoms. The fraction of sp³-hybridized carbons (Fsp3) is 0.500. The molecular formula is C12H18Cl3N. The van der Waals surface area contributed by atoms with Gasteiger partial charge >= 0.3 is 0 Å². The molecule has 1 atom stereocenters. The first-order valence-corrected chi connectivity index (χ1v) is 5.97. The molecule has 4 heteroatoms. The molecule has 0 unspecified atom stereocenters. The van der Waals surface area contributed by atoms with Gasteiger partial charge < -0.3 is 5.73 Å². The molecule has 0 fully saturated rings. The molecule has 1 aromatic rings. The van der Waals surface area contributed by atoms with Crippen molar-refractivity contribution in [3.63, 3.8) is 0 Å². The van der Waals surface area contributed by atoms with Crippen molar-refractivity contribution in [1.82, 2.24) is 0 Å². The van der Waals surface area contributed by atoms with Crippen LogP contribution in [0.1, 0.15) is 38.3 Å². The maximum Gasteiger partial charge on any atom is 0.0595 e. The van der Waals surface area contributed by atoms with Crippen molar-refractivity contribution < 1.29 is 0 Å². The average Bonchev–Trinajstić information content (AvgIpc) is 2.18. The van der Waals surface area contributed by atoms with Gasteiger partial charge in [-0.2, -0.15) is 0 Å². The van der Waals surface area contributed by atoms with Gasteiger partial charge in [-0.15, -0.1) is 12.4 Å². The lowest BCUT2D eigenvalue weighted by atomic mass is 9.98. The van der Waals surface area contributed by atoms with Crippen LogP contribution in [0.4, 0.5) is 0 Å². The van der Waals surface area contributed by atoms with Gasteiger partial charge in [0.1, 0.15) is 0 Å². The molecule has 0 saturated heterocycles. The highest BCUT2D eigenvalue weighted by molar-refractivity contribution is 6.42. The van der Waals surface area contributed by atoms with Crippen LogP contribution in [0.15, 0.2) is 18.2 Å². The van der Waals surface area contributed by atoms with Gasteiger partial charge in [0.15, 0.2) is 0 Å². The Hall–Kier alpha value is 0.0500. The minimum Gasteiger partial charge on any atom is -0.324 e. The van der Waals surface area contributed by atoms with Gasteiger partial charge in [0.05, 0.1) is 10.0 Å². The zero-order chi connectivity index (χ0) is 11.4. The zero-order valence-electron chi connectivity index (χ0n) is 9.54. The van der Waals surface area contributed by atoms with Gasteiger partial charge in [0.25, 0.3) is 0 Å². The molecule has 0 aromatic heterocycles. The van der Waals surface area contributed by atoms with Crippen LogP contribution in [0, 0.1) is 5.92 Å². The molecule has 0 spiro atoms. The zero-order valence-corrected chi connectivity index (χ0v) is 11.9. The van der Waals surface area contributed by atoms with Crippen LogP contribution in [0.5, 0.6) is 0 Å². The predicted molar refractivity (Wildman–Crippen MR) is 74.7 cm³/mol. The van der Waals surface area contributed by atoms with Gasteiger partial charge in [0.2, 0.25) is 0 Å². The minimum absolute atomic E-state index is 0. The highest BCUT2D eigenvalue weighted by atomic mass is 35.5. The standard InChI is InChI=1S/C12H17Cl2N.ClH/c1-8(2)3-6-12(15)9-4-5-10(13)11(14)7-9;/h4-5,7-8,12H,3,6,15H2,1-2H3;1H/t12-;/m0./s1. The van der Waals surface area contributed by atoms with Gasteiger partial charge in [-0.25, -0.2) is 0 Å². The van der Waals surface area contributed by atoms with E-state index in [4.69, 9.17) is 28.9 Å². The Morgan fingerprint density at radius 2 is 1.75 bits per heavy atom. The molecule has 0 heterocycles. The SMILES string of the molecule is CC(C)CC[C@H](N)c1ccc(Cl)c(Cl)c1.Cl. The van der Waals surface area contributed by atoms with Crippen LogP contribution < -0.4 is 5.73 Å². The lowest BCUT2D eigenvalue weighted by molar-refractivity contribution is 0.507. The number of hydrogen-bond acceptors (Lipinski definition) is 1. The second-order valence-electron chi connectivity index (χ2n) is 4.25. The molecule has 1 nitrogen and oxygen atoms in total. The number of hydrogen-bond donors (Lipinski definition) is 1. The molecule has 92 valence electrons. The Kier molecular flexibility index (Phi) is 7.41. The van der Waals surface area contributed by atoms with Crippen molar-refractivity contribution in [3.8, 4) is 0 Å². The van der Waals surface area contributed by atoms with Crippen molar-refractivity contribution in [2.45, 2.75) is 32.7 Å². The largest absolute Gasteiger partial charge is 0.324 e. The molecular weight excluding hydrogens is 264 g/mol. The fourth-order valence-corrected chi connectivity index (χ4v) is 1.73. The van der Waals surface area contributed by atoms with Crippen molar-refractivity contribution in [2.75, 3.05) is 0 Å². The van der Waals surface area contributed by atoms with Crippen LogP contribution in [-0.2, 0) is 0 Å². The third kappa shape index (κ3) is 4.92. The van der Waals surface area contributed by atoms with E-state index >= 15 is 0 Å². The van der Waals surface area contributed by atoms with Crippen molar-refractivity contribution in [1.29, 1.82) is 0 Å². The Bertz CT molecular complexity index is 326. The molecule has 1 aromatic carbocycles. The summed E-state index contributed by atoms with van der Waals surface area (Å²) in [6.07, 6.45) is 2.11. The average molecular weight is 283 g/mol. The van der Waals surface area contributed by atoms with E-state index in [9.17, 15) is 0 Å². The third-order valence-corrected chi connectivity index (χ3v) is 3.17. The van der Waals surface area contributed by atoms with E-state index in [1.807, 2.05) is 12.1 Å². The topological polar surface area (TPSA) is 26.0 Å². The lowest BCUT2D eigenvalue weighted by Gasteiger charge is -2.14. The van der Waals surface area contributed by atoms with Crippen LogP contribution in [0.3, 0.4) is 0 Å². The van der Waals surface area contributed by atoms with Gasteiger partial charge in [0, 0.05) is 6.04 Å². The molecule has 0 radical (unpaired) electrons. The summed E-state index contributed by atoms with van der Waals surface area (Å²) >= 11 is 11.8. The van der Waals surface area contributed by atoms with E-state index < -0.39 is 0 Å². The first kappa shape index (κ1) is 16.1.